The SMILES string of the molecule is O=C(Cn1cnc2ccc(Cl)cc2c1=O)Nc1ccc(Oc2ccccc2)cc1. The summed E-state index contributed by atoms with van der Waals surface area (Å²) in [4.78, 5) is 29.1. The number of carbonyl (C=O) groups excluding carboxylic acids is 1. The molecule has 7 heteroatoms. The van der Waals surface area contributed by atoms with Crippen molar-refractivity contribution >= 4 is 34.1 Å². The van der Waals surface area contributed by atoms with Crippen molar-refractivity contribution in [1.29, 1.82) is 0 Å². The van der Waals surface area contributed by atoms with Gasteiger partial charge in [0.25, 0.3) is 5.56 Å². The van der Waals surface area contributed by atoms with Crippen LogP contribution in [-0.4, -0.2) is 15.5 Å². The van der Waals surface area contributed by atoms with Crippen molar-refractivity contribution < 1.29 is 9.53 Å². The summed E-state index contributed by atoms with van der Waals surface area (Å²) in [6, 6.07) is 21.3. The van der Waals surface area contributed by atoms with Crippen LogP contribution in [0.25, 0.3) is 10.9 Å². The first kappa shape index (κ1) is 18.7. The van der Waals surface area contributed by atoms with Crippen LogP contribution in [0.15, 0.2) is 83.9 Å². The number of ether oxygens (including phenoxy) is 1. The minimum Gasteiger partial charge on any atom is -0.457 e. The number of hydrogen-bond acceptors (Lipinski definition) is 4. The minimum absolute atomic E-state index is 0.156. The maximum atomic E-state index is 12.6. The Balaban J connectivity index is 1.44. The van der Waals surface area contributed by atoms with Gasteiger partial charge in [0.15, 0.2) is 0 Å². The minimum atomic E-state index is -0.341. The Morgan fingerprint density at radius 2 is 1.72 bits per heavy atom. The van der Waals surface area contributed by atoms with Crippen LogP contribution in [0.3, 0.4) is 0 Å². The van der Waals surface area contributed by atoms with E-state index in [9.17, 15) is 9.59 Å². The lowest BCUT2D eigenvalue weighted by molar-refractivity contribution is -0.116. The molecule has 0 atom stereocenters. The second-order valence-corrected chi connectivity index (χ2v) is 6.76. The van der Waals surface area contributed by atoms with Crippen molar-refractivity contribution in [2.75, 3.05) is 5.32 Å². The normalized spacial score (nSPS) is 10.7. The van der Waals surface area contributed by atoms with Gasteiger partial charge in [-0.05, 0) is 54.6 Å². The molecule has 0 aliphatic rings. The Bertz CT molecular complexity index is 1220. The molecule has 0 unspecified atom stereocenters. The van der Waals surface area contributed by atoms with E-state index in [0.717, 1.165) is 5.75 Å². The average molecular weight is 406 g/mol. The lowest BCUT2D eigenvalue weighted by Crippen LogP contribution is -2.27. The van der Waals surface area contributed by atoms with E-state index in [0.29, 0.717) is 27.4 Å². The number of amides is 1. The number of hydrogen-bond donors (Lipinski definition) is 1. The molecule has 1 N–H and O–H groups in total. The average Bonchev–Trinajstić information content (AvgIpc) is 2.73. The fourth-order valence-electron chi connectivity index (χ4n) is 2.83. The molecular formula is C22H16ClN3O3. The third-order valence-electron chi connectivity index (χ3n) is 4.22. The first-order chi connectivity index (χ1) is 14.1. The molecule has 0 spiro atoms. The first-order valence-corrected chi connectivity index (χ1v) is 9.24. The summed E-state index contributed by atoms with van der Waals surface area (Å²) in [6.07, 6.45) is 1.36. The summed E-state index contributed by atoms with van der Waals surface area (Å²) in [5.74, 6) is 1.04. The van der Waals surface area contributed by atoms with Gasteiger partial charge in [-0.2, -0.15) is 0 Å². The predicted molar refractivity (Wildman–Crippen MR) is 113 cm³/mol. The maximum absolute atomic E-state index is 12.6. The van der Waals surface area contributed by atoms with Crippen molar-refractivity contribution in [3.63, 3.8) is 0 Å². The third kappa shape index (κ3) is 4.44. The summed E-state index contributed by atoms with van der Waals surface area (Å²) in [5, 5.41) is 3.57. The molecule has 0 radical (unpaired) electrons. The first-order valence-electron chi connectivity index (χ1n) is 8.86. The number of para-hydroxylation sites is 1. The van der Waals surface area contributed by atoms with Gasteiger partial charge >= 0.3 is 0 Å². The summed E-state index contributed by atoms with van der Waals surface area (Å²) in [5.41, 5.74) is 0.810. The fourth-order valence-corrected chi connectivity index (χ4v) is 3.00. The molecule has 4 aromatic rings. The van der Waals surface area contributed by atoms with Gasteiger partial charge in [-0.25, -0.2) is 4.98 Å². The molecule has 0 saturated carbocycles. The van der Waals surface area contributed by atoms with E-state index < -0.39 is 0 Å². The van der Waals surface area contributed by atoms with Crippen LogP contribution < -0.4 is 15.6 Å². The highest BCUT2D eigenvalue weighted by molar-refractivity contribution is 6.31. The second-order valence-electron chi connectivity index (χ2n) is 6.33. The highest BCUT2D eigenvalue weighted by atomic mass is 35.5. The Kier molecular flexibility index (Phi) is 5.27. The van der Waals surface area contributed by atoms with Crippen molar-refractivity contribution in [3.8, 4) is 11.5 Å². The predicted octanol–water partition coefficient (Wildman–Crippen LogP) is 4.48. The molecule has 0 aliphatic heterocycles. The van der Waals surface area contributed by atoms with Crippen molar-refractivity contribution in [3.05, 3.63) is 94.5 Å². The fraction of sp³-hybridized carbons (Fsp3) is 0.0455. The van der Waals surface area contributed by atoms with Crippen molar-refractivity contribution in [2.24, 2.45) is 0 Å². The summed E-state index contributed by atoms with van der Waals surface area (Å²) < 4.78 is 6.97. The largest absolute Gasteiger partial charge is 0.457 e. The van der Waals surface area contributed by atoms with Crippen LogP contribution >= 0.6 is 11.6 Å². The molecule has 0 bridgehead atoms. The summed E-state index contributed by atoms with van der Waals surface area (Å²) in [7, 11) is 0. The molecule has 1 heterocycles. The van der Waals surface area contributed by atoms with Gasteiger partial charge in [0, 0.05) is 10.7 Å². The number of halogens is 1. The number of benzene rings is 3. The molecule has 1 aromatic heterocycles. The zero-order chi connectivity index (χ0) is 20.2. The summed E-state index contributed by atoms with van der Waals surface area (Å²) >= 11 is 5.95. The van der Waals surface area contributed by atoms with Gasteiger partial charge < -0.3 is 10.1 Å². The van der Waals surface area contributed by atoms with Gasteiger partial charge in [-0.15, -0.1) is 0 Å². The Hall–Kier alpha value is -3.64. The number of carbonyl (C=O) groups is 1. The number of nitrogens with zero attached hydrogens (tertiary/aromatic N) is 2. The van der Waals surface area contributed by atoms with E-state index in [1.54, 1.807) is 42.5 Å². The van der Waals surface area contributed by atoms with E-state index in [1.165, 1.54) is 10.9 Å². The van der Waals surface area contributed by atoms with Crippen molar-refractivity contribution in [1.82, 2.24) is 9.55 Å². The van der Waals surface area contributed by atoms with E-state index in [2.05, 4.69) is 10.3 Å². The molecular weight excluding hydrogens is 390 g/mol. The Morgan fingerprint density at radius 3 is 2.48 bits per heavy atom. The standard InChI is InChI=1S/C22H16ClN3O3/c23-15-6-11-20-19(12-15)22(28)26(14-24-20)13-21(27)25-16-7-9-18(10-8-16)29-17-4-2-1-3-5-17/h1-12,14H,13H2,(H,25,27). The van der Waals surface area contributed by atoms with Gasteiger partial charge in [0.1, 0.15) is 18.0 Å². The molecule has 0 saturated heterocycles. The monoisotopic (exact) mass is 405 g/mol. The van der Waals surface area contributed by atoms with E-state index in [-0.39, 0.29) is 18.0 Å². The van der Waals surface area contributed by atoms with Gasteiger partial charge in [-0.1, -0.05) is 29.8 Å². The number of aromatic nitrogens is 2. The molecule has 6 nitrogen and oxygen atoms in total. The smallest absolute Gasteiger partial charge is 0.261 e. The zero-order valence-corrected chi connectivity index (χ0v) is 16.0. The number of nitrogens with one attached hydrogen (secondary N) is 1. The second kappa shape index (κ2) is 8.16. The van der Waals surface area contributed by atoms with Crippen LogP contribution in [-0.2, 0) is 11.3 Å². The van der Waals surface area contributed by atoms with Crippen LogP contribution in [0.1, 0.15) is 0 Å². The molecule has 3 aromatic carbocycles. The van der Waals surface area contributed by atoms with E-state index >= 15 is 0 Å². The molecule has 4 rings (SSSR count). The molecule has 29 heavy (non-hydrogen) atoms. The highest BCUT2D eigenvalue weighted by Gasteiger charge is 2.09. The molecule has 1 amide bonds. The van der Waals surface area contributed by atoms with Crippen LogP contribution in [0, 0.1) is 0 Å². The quantitative estimate of drug-likeness (QED) is 0.531. The van der Waals surface area contributed by atoms with Crippen molar-refractivity contribution in [2.45, 2.75) is 6.54 Å². The topological polar surface area (TPSA) is 73.2 Å². The lowest BCUT2D eigenvalue weighted by Gasteiger charge is -2.09. The van der Waals surface area contributed by atoms with Crippen LogP contribution in [0.5, 0.6) is 11.5 Å². The number of rotatable bonds is 5. The summed E-state index contributed by atoms with van der Waals surface area (Å²) in [6.45, 7) is -0.156. The van der Waals surface area contributed by atoms with Gasteiger partial charge in [-0.3, -0.25) is 14.2 Å². The Labute approximate surface area is 171 Å². The highest BCUT2D eigenvalue weighted by Crippen LogP contribution is 2.22. The van der Waals surface area contributed by atoms with Crippen LogP contribution in [0.2, 0.25) is 5.02 Å². The van der Waals surface area contributed by atoms with Gasteiger partial charge in [0.05, 0.1) is 17.2 Å². The molecule has 0 fully saturated rings. The van der Waals surface area contributed by atoms with E-state index in [4.69, 9.17) is 16.3 Å². The number of anilines is 1. The Morgan fingerprint density at radius 1 is 1.00 bits per heavy atom. The zero-order valence-electron chi connectivity index (χ0n) is 15.2. The van der Waals surface area contributed by atoms with Gasteiger partial charge in [0.2, 0.25) is 5.91 Å². The maximum Gasteiger partial charge on any atom is 0.261 e. The molecule has 0 aliphatic carbocycles. The molecule has 144 valence electrons. The van der Waals surface area contributed by atoms with E-state index in [1.807, 2.05) is 30.3 Å². The van der Waals surface area contributed by atoms with Crippen LogP contribution in [0.4, 0.5) is 5.69 Å². The third-order valence-corrected chi connectivity index (χ3v) is 4.45. The lowest BCUT2D eigenvalue weighted by atomic mass is 10.2. The number of fused-ring (bicyclic) bond motifs is 1.